The summed E-state index contributed by atoms with van der Waals surface area (Å²) < 4.78 is 10.9. The van der Waals surface area contributed by atoms with E-state index in [-0.39, 0.29) is 12.1 Å². The summed E-state index contributed by atoms with van der Waals surface area (Å²) in [5.41, 5.74) is 6.22. The maximum absolute atomic E-state index is 6.17. The molecule has 0 atom stereocenters. The quantitative estimate of drug-likeness (QED) is 0.842. The Kier molecular flexibility index (Phi) is 4.59. The van der Waals surface area contributed by atoms with Gasteiger partial charge in [-0.1, -0.05) is 21.5 Å². The summed E-state index contributed by atoms with van der Waals surface area (Å²) in [5, 5.41) is 15.0. The summed E-state index contributed by atoms with van der Waals surface area (Å²) in [6, 6.07) is 3.45. The Morgan fingerprint density at radius 1 is 1.43 bits per heavy atom. The molecule has 21 heavy (non-hydrogen) atoms. The molecule has 2 N–H and O–H groups in total. The Morgan fingerprint density at radius 3 is 2.76 bits per heavy atom. The minimum atomic E-state index is -0.0164. The molecule has 0 unspecified atom stereocenters. The van der Waals surface area contributed by atoms with Crippen LogP contribution in [-0.2, 0) is 0 Å². The average Bonchev–Trinajstić information content (AvgIpc) is 2.81. The van der Waals surface area contributed by atoms with Gasteiger partial charge in [0.05, 0.1) is 24.5 Å². The van der Waals surface area contributed by atoms with E-state index in [4.69, 9.17) is 26.8 Å². The van der Waals surface area contributed by atoms with Crippen LogP contribution in [-0.4, -0.2) is 39.7 Å². The van der Waals surface area contributed by atoms with Gasteiger partial charge in [0.25, 0.3) is 5.95 Å². The average molecular weight is 311 g/mol. The molecule has 0 bridgehead atoms. The zero-order chi connectivity index (χ0) is 15.4. The number of anilines is 1. The highest BCUT2D eigenvalue weighted by Crippen LogP contribution is 2.36. The Bertz CT molecular complexity index is 655. The van der Waals surface area contributed by atoms with E-state index in [1.807, 2.05) is 13.8 Å². The first-order chi connectivity index (χ1) is 10.0. The molecule has 9 heteroatoms. The fraction of sp³-hybridized carbons (Fsp3) is 0.333. The minimum Gasteiger partial charge on any atom is -0.491 e. The van der Waals surface area contributed by atoms with Crippen molar-refractivity contribution >= 4 is 23.8 Å². The van der Waals surface area contributed by atoms with Crippen molar-refractivity contribution in [3.63, 3.8) is 0 Å². The van der Waals surface area contributed by atoms with E-state index >= 15 is 0 Å². The summed E-state index contributed by atoms with van der Waals surface area (Å²) in [6.45, 7) is 3.83. The molecule has 0 aliphatic carbocycles. The second kappa shape index (κ2) is 6.40. The molecule has 0 amide bonds. The van der Waals surface area contributed by atoms with Crippen LogP contribution in [0.5, 0.6) is 11.5 Å². The zero-order valence-corrected chi connectivity index (χ0v) is 12.6. The van der Waals surface area contributed by atoms with E-state index in [2.05, 4.69) is 20.6 Å². The van der Waals surface area contributed by atoms with E-state index < -0.39 is 0 Å². The molecule has 0 aliphatic heterocycles. The van der Waals surface area contributed by atoms with Crippen LogP contribution in [0, 0.1) is 0 Å². The van der Waals surface area contributed by atoms with Gasteiger partial charge in [-0.15, -0.1) is 0 Å². The number of hydrogen-bond acceptors (Lipinski definition) is 7. The van der Waals surface area contributed by atoms with Crippen LogP contribution >= 0.6 is 11.6 Å². The number of tetrazole rings is 1. The lowest BCUT2D eigenvalue weighted by molar-refractivity contribution is 0.230. The van der Waals surface area contributed by atoms with E-state index in [1.165, 1.54) is 13.3 Å². The summed E-state index contributed by atoms with van der Waals surface area (Å²) in [5.74, 6) is 1.10. The van der Waals surface area contributed by atoms with Crippen molar-refractivity contribution in [3.05, 3.63) is 22.7 Å². The van der Waals surface area contributed by atoms with Crippen molar-refractivity contribution in [3.8, 4) is 11.5 Å². The van der Waals surface area contributed by atoms with Crippen molar-refractivity contribution in [2.24, 2.45) is 5.10 Å². The van der Waals surface area contributed by atoms with E-state index in [9.17, 15) is 0 Å². The van der Waals surface area contributed by atoms with Gasteiger partial charge >= 0.3 is 0 Å². The predicted octanol–water partition coefficient (Wildman–Crippen LogP) is 1.59. The minimum absolute atomic E-state index is 0.0164. The molecule has 0 saturated carbocycles. The zero-order valence-electron chi connectivity index (χ0n) is 11.8. The first-order valence-corrected chi connectivity index (χ1v) is 6.51. The number of ether oxygens (including phenoxy) is 2. The summed E-state index contributed by atoms with van der Waals surface area (Å²) in [7, 11) is 1.53. The number of rotatable bonds is 5. The topological polar surface area (TPSA) is 100 Å². The van der Waals surface area contributed by atoms with Gasteiger partial charge in [0.2, 0.25) is 0 Å². The van der Waals surface area contributed by atoms with E-state index in [1.54, 1.807) is 12.1 Å². The SMILES string of the molecule is COc1c(Cl)cc(C=Nn2nnnc2N)cc1OC(C)C. The van der Waals surface area contributed by atoms with Crippen LogP contribution in [0.2, 0.25) is 5.02 Å². The molecule has 112 valence electrons. The smallest absolute Gasteiger partial charge is 0.263 e. The second-order valence-electron chi connectivity index (χ2n) is 4.37. The lowest BCUT2D eigenvalue weighted by atomic mass is 10.2. The molecular formula is C12H15ClN6O2. The highest BCUT2D eigenvalue weighted by molar-refractivity contribution is 6.32. The van der Waals surface area contributed by atoms with Gasteiger partial charge in [0.1, 0.15) is 0 Å². The fourth-order valence-electron chi connectivity index (χ4n) is 1.60. The van der Waals surface area contributed by atoms with Crippen molar-refractivity contribution in [1.29, 1.82) is 0 Å². The van der Waals surface area contributed by atoms with Gasteiger partial charge in [0.15, 0.2) is 11.5 Å². The number of methoxy groups -OCH3 is 1. The van der Waals surface area contributed by atoms with Crippen LogP contribution in [0.1, 0.15) is 19.4 Å². The van der Waals surface area contributed by atoms with Gasteiger partial charge < -0.3 is 15.2 Å². The van der Waals surface area contributed by atoms with Crippen LogP contribution in [0.4, 0.5) is 5.95 Å². The molecule has 2 aromatic rings. The molecule has 1 heterocycles. The molecule has 0 fully saturated rings. The molecule has 0 saturated heterocycles. The molecular weight excluding hydrogens is 296 g/mol. The largest absolute Gasteiger partial charge is 0.491 e. The summed E-state index contributed by atoms with van der Waals surface area (Å²) in [4.78, 5) is 1.10. The Balaban J connectivity index is 2.34. The third-order valence-corrected chi connectivity index (χ3v) is 2.67. The van der Waals surface area contributed by atoms with Crippen molar-refractivity contribution in [2.75, 3.05) is 12.8 Å². The van der Waals surface area contributed by atoms with E-state index in [0.29, 0.717) is 22.1 Å². The third kappa shape index (κ3) is 3.60. The number of benzene rings is 1. The number of halogens is 1. The first kappa shape index (κ1) is 15.0. The number of aromatic nitrogens is 4. The van der Waals surface area contributed by atoms with Crippen molar-refractivity contribution in [2.45, 2.75) is 20.0 Å². The number of hydrogen-bond donors (Lipinski definition) is 1. The van der Waals surface area contributed by atoms with Crippen molar-refractivity contribution in [1.82, 2.24) is 20.3 Å². The standard InChI is InChI=1S/C12H15ClN6O2/c1-7(2)21-10-5-8(4-9(13)11(10)20-3)6-15-19-12(14)16-17-18-19/h4-7H,1-3H3,(H2,14,16,18). The predicted molar refractivity (Wildman–Crippen MR) is 79.0 cm³/mol. The van der Waals surface area contributed by atoms with Crippen LogP contribution < -0.4 is 15.2 Å². The monoisotopic (exact) mass is 310 g/mol. The fourth-order valence-corrected chi connectivity index (χ4v) is 1.89. The Hall–Kier alpha value is -2.35. The third-order valence-electron chi connectivity index (χ3n) is 2.39. The highest BCUT2D eigenvalue weighted by atomic mass is 35.5. The summed E-state index contributed by atoms with van der Waals surface area (Å²) in [6.07, 6.45) is 1.50. The molecule has 1 aromatic heterocycles. The van der Waals surface area contributed by atoms with Crippen LogP contribution in [0.15, 0.2) is 17.2 Å². The highest BCUT2D eigenvalue weighted by Gasteiger charge is 2.12. The second-order valence-corrected chi connectivity index (χ2v) is 4.78. The van der Waals surface area contributed by atoms with Gasteiger partial charge in [-0.05, 0) is 36.4 Å². The maximum Gasteiger partial charge on any atom is 0.263 e. The maximum atomic E-state index is 6.17. The molecule has 0 aliphatic rings. The molecule has 1 aromatic carbocycles. The number of nitrogen functional groups attached to an aromatic ring is 1. The Morgan fingerprint density at radius 2 is 2.19 bits per heavy atom. The Labute approximate surface area is 126 Å². The first-order valence-electron chi connectivity index (χ1n) is 6.13. The van der Waals surface area contributed by atoms with Crippen molar-refractivity contribution < 1.29 is 9.47 Å². The number of nitrogens with two attached hydrogens (primary N) is 1. The lowest BCUT2D eigenvalue weighted by Gasteiger charge is -2.15. The van der Waals surface area contributed by atoms with Gasteiger partial charge in [-0.2, -0.15) is 5.10 Å². The van der Waals surface area contributed by atoms with Gasteiger partial charge in [-0.25, -0.2) is 0 Å². The lowest BCUT2D eigenvalue weighted by Crippen LogP contribution is -2.07. The molecule has 0 spiro atoms. The molecule has 2 rings (SSSR count). The normalized spacial score (nSPS) is 11.3. The number of nitrogens with zero attached hydrogens (tertiary/aromatic N) is 5. The molecule has 8 nitrogen and oxygen atoms in total. The molecule has 0 radical (unpaired) electrons. The van der Waals surface area contributed by atoms with E-state index in [0.717, 1.165) is 4.79 Å². The van der Waals surface area contributed by atoms with Crippen LogP contribution in [0.25, 0.3) is 0 Å². The van der Waals surface area contributed by atoms with Gasteiger partial charge in [-0.3, -0.25) is 0 Å². The van der Waals surface area contributed by atoms with Crippen LogP contribution in [0.3, 0.4) is 0 Å². The van der Waals surface area contributed by atoms with Gasteiger partial charge in [0, 0.05) is 5.56 Å². The summed E-state index contributed by atoms with van der Waals surface area (Å²) >= 11 is 6.17.